The summed E-state index contributed by atoms with van der Waals surface area (Å²) in [7, 11) is -4.52. The van der Waals surface area contributed by atoms with E-state index in [0.717, 1.165) is 12.8 Å². The van der Waals surface area contributed by atoms with Gasteiger partial charge in [0.25, 0.3) is 0 Å². The molecule has 0 fully saturated rings. The maximum atomic E-state index is 11.9. The van der Waals surface area contributed by atoms with Crippen LogP contribution in [0, 0.1) is 0 Å². The first-order chi connectivity index (χ1) is 12.5. The molecule has 0 saturated heterocycles. The van der Waals surface area contributed by atoms with Crippen LogP contribution in [0.15, 0.2) is 24.3 Å². The fraction of sp³-hybridized carbons (Fsp3) is 0.700. The molecule has 5 nitrogen and oxygen atoms in total. The molecule has 1 aliphatic heterocycles. The Morgan fingerprint density at radius 2 is 1.22 bits per heavy atom. The van der Waals surface area contributed by atoms with Gasteiger partial charge in [-0.25, -0.2) is 8.42 Å². The van der Waals surface area contributed by atoms with Crippen LogP contribution >= 0.6 is 0 Å². The molecule has 1 heterocycles. The van der Waals surface area contributed by atoms with Gasteiger partial charge in [-0.05, 0) is 18.6 Å². The summed E-state index contributed by atoms with van der Waals surface area (Å²) in [6, 6.07) is 7.22. The van der Waals surface area contributed by atoms with Crippen LogP contribution < -0.4 is 62.0 Å². The zero-order valence-electron chi connectivity index (χ0n) is 16.9. The Morgan fingerprint density at radius 1 is 0.815 bits per heavy atom. The summed E-state index contributed by atoms with van der Waals surface area (Å²) in [6.45, 7) is 2.23. The summed E-state index contributed by atoms with van der Waals surface area (Å²) >= 11 is 0. The van der Waals surface area contributed by atoms with Crippen LogP contribution in [0.25, 0.3) is 0 Å². The van der Waals surface area contributed by atoms with Crippen molar-refractivity contribution in [2.45, 2.75) is 89.0 Å². The van der Waals surface area contributed by atoms with Crippen LogP contribution in [0.5, 0.6) is 0 Å². The molecule has 0 saturated carbocycles. The summed E-state index contributed by atoms with van der Waals surface area (Å²) in [4.78, 5) is -1.60. The standard InChI is InChI=1S/C20H34N2O3S.K/c1-2-3-4-5-6-7-8-9-10-11-14-17-20(26(23,24)25)21-18-15-12-13-16-19(18)22-20;/h12-13,15-16,21-22H,2-11,14,17H2,1H3,(H,23,24,25);/q;+1/p-1. The summed E-state index contributed by atoms with van der Waals surface area (Å²) in [5.41, 5.74) is 1.35. The van der Waals surface area contributed by atoms with E-state index in [1.165, 1.54) is 51.4 Å². The van der Waals surface area contributed by atoms with Crippen LogP contribution in [-0.4, -0.2) is 18.0 Å². The largest absolute Gasteiger partial charge is 1.00 e. The predicted molar refractivity (Wildman–Crippen MR) is 107 cm³/mol. The molecule has 1 aliphatic rings. The summed E-state index contributed by atoms with van der Waals surface area (Å²) in [5, 5.41) is 5.82. The number of benzene rings is 1. The van der Waals surface area contributed by atoms with Gasteiger partial charge in [-0.3, -0.25) is 0 Å². The second-order valence-corrected chi connectivity index (χ2v) is 8.97. The smallest absolute Gasteiger partial charge is 0.745 e. The summed E-state index contributed by atoms with van der Waals surface area (Å²) in [6.07, 6.45) is 13.4. The summed E-state index contributed by atoms with van der Waals surface area (Å²) in [5.74, 6) is 0. The number of anilines is 2. The zero-order valence-corrected chi connectivity index (χ0v) is 20.9. The van der Waals surface area contributed by atoms with E-state index in [4.69, 9.17) is 0 Å². The second-order valence-electron chi connectivity index (χ2n) is 7.36. The van der Waals surface area contributed by atoms with Crippen molar-refractivity contribution < 1.29 is 64.4 Å². The van der Waals surface area contributed by atoms with Crippen molar-refractivity contribution in [3.63, 3.8) is 0 Å². The van der Waals surface area contributed by atoms with Crippen LogP contribution in [-0.2, 0) is 10.1 Å². The van der Waals surface area contributed by atoms with Gasteiger partial charge in [0.1, 0.15) is 10.1 Å². The Morgan fingerprint density at radius 3 is 1.63 bits per heavy atom. The Kier molecular flexibility index (Phi) is 12.1. The molecule has 0 aromatic heterocycles. The molecular weight excluding hydrogens is 387 g/mol. The number of hydrogen-bond acceptors (Lipinski definition) is 5. The van der Waals surface area contributed by atoms with Crippen molar-refractivity contribution in [3.8, 4) is 0 Å². The van der Waals surface area contributed by atoms with Gasteiger partial charge in [-0.2, -0.15) is 0 Å². The third-order valence-corrected chi connectivity index (χ3v) is 6.42. The predicted octanol–water partition coefficient (Wildman–Crippen LogP) is 2.43. The van der Waals surface area contributed by atoms with E-state index in [0.29, 0.717) is 17.8 Å². The van der Waals surface area contributed by atoms with E-state index in [2.05, 4.69) is 17.6 Å². The van der Waals surface area contributed by atoms with Crippen molar-refractivity contribution >= 4 is 21.5 Å². The normalized spacial score (nSPS) is 14.7. The van der Waals surface area contributed by atoms with Gasteiger partial charge < -0.3 is 15.2 Å². The molecule has 1 aromatic rings. The minimum absolute atomic E-state index is 0. The van der Waals surface area contributed by atoms with E-state index in [-0.39, 0.29) is 57.8 Å². The van der Waals surface area contributed by atoms with E-state index < -0.39 is 15.1 Å². The number of nitrogens with one attached hydrogen (secondary N) is 2. The molecule has 0 atom stereocenters. The Balaban J connectivity index is 0.00000364. The van der Waals surface area contributed by atoms with Gasteiger partial charge in [0.15, 0.2) is 0 Å². The third-order valence-electron chi connectivity index (χ3n) is 5.16. The summed E-state index contributed by atoms with van der Waals surface area (Å²) < 4.78 is 35.6. The number of fused-ring (bicyclic) bond motifs is 1. The monoisotopic (exact) mass is 420 g/mol. The molecule has 0 bridgehead atoms. The van der Waals surface area contributed by atoms with Crippen molar-refractivity contribution in [1.29, 1.82) is 0 Å². The van der Waals surface area contributed by atoms with Crippen molar-refractivity contribution in [1.82, 2.24) is 0 Å². The first-order valence-electron chi connectivity index (χ1n) is 10.1. The quantitative estimate of drug-likeness (QED) is 0.291. The number of hydrogen-bond donors (Lipinski definition) is 2. The van der Waals surface area contributed by atoms with E-state index in [1.807, 2.05) is 12.1 Å². The fourth-order valence-corrected chi connectivity index (χ4v) is 4.44. The van der Waals surface area contributed by atoms with Crippen LogP contribution in [0.2, 0.25) is 0 Å². The number of unbranched alkanes of at least 4 members (excludes halogenated alkanes) is 10. The molecule has 0 amide bonds. The molecule has 2 N–H and O–H groups in total. The molecular formula is C20H33KN2O3S. The van der Waals surface area contributed by atoms with Crippen LogP contribution in [0.1, 0.15) is 84.0 Å². The molecule has 2 rings (SSSR count). The van der Waals surface area contributed by atoms with E-state index in [1.54, 1.807) is 12.1 Å². The molecule has 1 aromatic carbocycles. The Bertz CT molecular complexity index is 627. The van der Waals surface area contributed by atoms with Gasteiger partial charge in [0.05, 0.1) is 11.4 Å². The fourth-order valence-electron chi connectivity index (χ4n) is 3.58. The molecule has 0 aliphatic carbocycles. The van der Waals surface area contributed by atoms with Gasteiger partial charge in [0, 0.05) is 6.42 Å². The molecule has 7 heteroatoms. The van der Waals surface area contributed by atoms with E-state index >= 15 is 0 Å². The first kappa shape index (κ1) is 25.4. The Labute approximate surface area is 207 Å². The van der Waals surface area contributed by atoms with Crippen LogP contribution in [0.3, 0.4) is 0 Å². The topological polar surface area (TPSA) is 81.3 Å². The second kappa shape index (κ2) is 12.8. The maximum absolute atomic E-state index is 11.9. The van der Waals surface area contributed by atoms with Gasteiger partial charge in [-0.15, -0.1) is 0 Å². The van der Waals surface area contributed by atoms with Gasteiger partial charge >= 0.3 is 51.4 Å². The zero-order chi connectivity index (χ0) is 18.9. The SMILES string of the molecule is CCCCCCCCCCCCCC1(S(=O)(=O)[O-])Nc2ccccc2N1.[K+]. The van der Waals surface area contributed by atoms with Crippen molar-refractivity contribution in [3.05, 3.63) is 24.3 Å². The molecule has 0 radical (unpaired) electrons. The maximum Gasteiger partial charge on any atom is 1.00 e. The third kappa shape index (κ3) is 7.95. The number of rotatable bonds is 13. The average molecular weight is 421 g/mol. The van der Waals surface area contributed by atoms with Crippen LogP contribution in [0.4, 0.5) is 11.4 Å². The first-order valence-corrected chi connectivity index (χ1v) is 11.5. The van der Waals surface area contributed by atoms with Gasteiger partial charge in [0.2, 0.25) is 4.99 Å². The Hall–Kier alpha value is 0.366. The molecule has 27 heavy (non-hydrogen) atoms. The van der Waals surface area contributed by atoms with Crippen molar-refractivity contribution in [2.24, 2.45) is 0 Å². The average Bonchev–Trinajstić information content (AvgIpc) is 2.99. The minimum Gasteiger partial charge on any atom is -0.745 e. The molecule has 148 valence electrons. The van der Waals surface area contributed by atoms with Gasteiger partial charge in [-0.1, -0.05) is 83.3 Å². The number of para-hydroxylation sites is 2. The van der Waals surface area contributed by atoms with Crippen molar-refractivity contribution in [2.75, 3.05) is 10.6 Å². The molecule has 0 spiro atoms. The minimum atomic E-state index is -4.52. The van der Waals surface area contributed by atoms with E-state index in [9.17, 15) is 13.0 Å². The molecule has 0 unspecified atom stereocenters.